The maximum absolute atomic E-state index is 13.0. The van der Waals surface area contributed by atoms with E-state index in [2.05, 4.69) is 32.9 Å². The summed E-state index contributed by atoms with van der Waals surface area (Å²) in [6, 6.07) is 10.2. The molecule has 1 fully saturated rings. The van der Waals surface area contributed by atoms with Gasteiger partial charge in [-0.25, -0.2) is 0 Å². The first-order valence-corrected chi connectivity index (χ1v) is 9.91. The molecule has 2 rings (SSSR count). The quantitative estimate of drug-likeness (QED) is 0.413. The number of esters is 1. The number of hydrogen-bond acceptors (Lipinski definition) is 3. The first-order valence-electron chi connectivity index (χ1n) is 9.91. The van der Waals surface area contributed by atoms with Gasteiger partial charge in [-0.2, -0.15) is 0 Å². The molecule has 1 aliphatic carbocycles. The van der Waals surface area contributed by atoms with Crippen molar-refractivity contribution in [3.05, 3.63) is 35.9 Å². The van der Waals surface area contributed by atoms with Crippen molar-refractivity contribution in [1.82, 2.24) is 0 Å². The smallest absolute Gasteiger partial charge is 0.314 e. The zero-order valence-corrected chi connectivity index (χ0v) is 16.1. The summed E-state index contributed by atoms with van der Waals surface area (Å²) >= 11 is 0. The van der Waals surface area contributed by atoms with E-state index in [-0.39, 0.29) is 12.1 Å². The average molecular weight is 347 g/mol. The highest BCUT2D eigenvalue weighted by Crippen LogP contribution is 2.46. The Hall–Kier alpha value is -1.35. The van der Waals surface area contributed by atoms with Crippen LogP contribution in [-0.2, 0) is 20.9 Å². The molecule has 0 spiro atoms. The normalized spacial score (nSPS) is 23.1. The molecule has 3 nitrogen and oxygen atoms in total. The highest BCUT2D eigenvalue weighted by Gasteiger charge is 2.50. The second-order valence-electron chi connectivity index (χ2n) is 7.78. The zero-order chi connectivity index (χ0) is 18.1. The van der Waals surface area contributed by atoms with E-state index in [1.807, 2.05) is 18.2 Å². The molecule has 1 saturated carbocycles. The largest absolute Gasteiger partial charge is 0.465 e. The lowest BCUT2D eigenvalue weighted by molar-refractivity contribution is -0.167. The molecule has 0 heterocycles. The van der Waals surface area contributed by atoms with Gasteiger partial charge < -0.3 is 9.47 Å². The molecule has 3 heteroatoms. The summed E-state index contributed by atoms with van der Waals surface area (Å²) in [4.78, 5) is 13.0. The molecule has 0 amide bonds. The van der Waals surface area contributed by atoms with E-state index in [0.29, 0.717) is 19.1 Å². The van der Waals surface area contributed by atoms with Gasteiger partial charge in [0, 0.05) is 0 Å². The van der Waals surface area contributed by atoms with Crippen LogP contribution in [0.1, 0.15) is 71.3 Å². The van der Waals surface area contributed by atoms with E-state index in [1.54, 1.807) is 0 Å². The van der Waals surface area contributed by atoms with Gasteiger partial charge in [0.2, 0.25) is 0 Å². The minimum Gasteiger partial charge on any atom is -0.465 e. The Kier molecular flexibility index (Phi) is 7.95. The van der Waals surface area contributed by atoms with E-state index in [1.165, 1.54) is 0 Å². The van der Waals surface area contributed by atoms with Crippen LogP contribution in [-0.4, -0.2) is 18.7 Å². The predicted molar refractivity (Wildman–Crippen MR) is 101 cm³/mol. The molecule has 25 heavy (non-hydrogen) atoms. The highest BCUT2D eigenvalue weighted by atomic mass is 16.5. The van der Waals surface area contributed by atoms with E-state index in [9.17, 15) is 4.79 Å². The molecule has 0 N–H and O–H groups in total. The van der Waals surface area contributed by atoms with Crippen LogP contribution in [0.25, 0.3) is 0 Å². The monoisotopic (exact) mass is 346 g/mol. The molecule has 1 aliphatic rings. The third-order valence-electron chi connectivity index (χ3n) is 5.18. The molecule has 0 aliphatic heterocycles. The fourth-order valence-corrected chi connectivity index (χ4v) is 3.75. The number of benzene rings is 1. The van der Waals surface area contributed by atoms with Crippen LogP contribution in [0.4, 0.5) is 0 Å². The molecule has 0 bridgehead atoms. The summed E-state index contributed by atoms with van der Waals surface area (Å²) in [6.07, 6.45) is 7.14. The number of hydrogen-bond donors (Lipinski definition) is 0. The van der Waals surface area contributed by atoms with Crippen molar-refractivity contribution >= 4 is 5.97 Å². The standard InChI is InChI=1S/C22H34O3/c1-4-5-9-14-22(21(23)25-16-18(2)3)15-10-13-20(22)24-17-19-11-7-6-8-12-19/h6-8,11-12,18,20H,4-5,9-10,13-17H2,1-3H3. The molecule has 140 valence electrons. The summed E-state index contributed by atoms with van der Waals surface area (Å²) in [6.45, 7) is 7.42. The van der Waals surface area contributed by atoms with E-state index in [0.717, 1.165) is 50.5 Å². The molecule has 1 aromatic rings. The van der Waals surface area contributed by atoms with Crippen molar-refractivity contribution < 1.29 is 14.3 Å². The van der Waals surface area contributed by atoms with Gasteiger partial charge in [-0.15, -0.1) is 0 Å². The Balaban J connectivity index is 2.06. The Bertz CT molecular complexity index is 511. The van der Waals surface area contributed by atoms with Crippen molar-refractivity contribution in [3.8, 4) is 0 Å². The van der Waals surface area contributed by atoms with Gasteiger partial charge >= 0.3 is 5.97 Å². The average Bonchev–Trinajstić information content (AvgIpc) is 3.03. The van der Waals surface area contributed by atoms with E-state index < -0.39 is 5.41 Å². The minimum atomic E-state index is -0.446. The molecular weight excluding hydrogens is 312 g/mol. The van der Waals surface area contributed by atoms with Crippen LogP contribution in [0, 0.1) is 11.3 Å². The lowest BCUT2D eigenvalue weighted by Gasteiger charge is -2.33. The molecule has 2 unspecified atom stereocenters. The van der Waals surface area contributed by atoms with Gasteiger partial charge in [0.15, 0.2) is 0 Å². The Labute approximate surface area is 153 Å². The fraction of sp³-hybridized carbons (Fsp3) is 0.682. The summed E-state index contributed by atoms with van der Waals surface area (Å²) in [5.41, 5.74) is 0.714. The van der Waals surface area contributed by atoms with Crippen LogP contribution in [0.2, 0.25) is 0 Å². The molecule has 0 saturated heterocycles. The molecule has 2 atom stereocenters. The second kappa shape index (κ2) is 9.96. The third-order valence-corrected chi connectivity index (χ3v) is 5.18. The Morgan fingerprint density at radius 2 is 2.00 bits per heavy atom. The van der Waals surface area contributed by atoms with Crippen molar-refractivity contribution in [2.45, 2.75) is 78.4 Å². The number of unbranched alkanes of at least 4 members (excludes halogenated alkanes) is 2. The fourth-order valence-electron chi connectivity index (χ4n) is 3.75. The zero-order valence-electron chi connectivity index (χ0n) is 16.1. The lowest BCUT2D eigenvalue weighted by Crippen LogP contribution is -2.41. The minimum absolute atomic E-state index is 0.0239. The van der Waals surface area contributed by atoms with Gasteiger partial charge in [-0.3, -0.25) is 4.79 Å². The van der Waals surface area contributed by atoms with Gasteiger partial charge in [-0.05, 0) is 37.2 Å². The molecule has 0 radical (unpaired) electrons. The number of rotatable bonds is 10. The maximum Gasteiger partial charge on any atom is 0.314 e. The van der Waals surface area contributed by atoms with Crippen molar-refractivity contribution in [2.75, 3.05) is 6.61 Å². The Morgan fingerprint density at radius 3 is 2.68 bits per heavy atom. The van der Waals surface area contributed by atoms with Gasteiger partial charge in [0.25, 0.3) is 0 Å². The first kappa shape index (κ1) is 20.0. The van der Waals surface area contributed by atoms with E-state index in [4.69, 9.17) is 9.47 Å². The molecule has 0 aromatic heterocycles. The number of carbonyl (C=O) groups is 1. The number of carbonyl (C=O) groups excluding carboxylic acids is 1. The molecular formula is C22H34O3. The SMILES string of the molecule is CCCCCC1(C(=O)OCC(C)C)CCCC1OCc1ccccc1. The van der Waals surface area contributed by atoms with Gasteiger partial charge in [-0.1, -0.05) is 70.4 Å². The predicted octanol–water partition coefficient (Wildman–Crippen LogP) is 5.52. The van der Waals surface area contributed by atoms with Gasteiger partial charge in [0.05, 0.1) is 24.7 Å². The maximum atomic E-state index is 13.0. The summed E-state index contributed by atoms with van der Waals surface area (Å²) in [7, 11) is 0. The summed E-state index contributed by atoms with van der Waals surface area (Å²) < 4.78 is 11.9. The van der Waals surface area contributed by atoms with E-state index >= 15 is 0 Å². The Morgan fingerprint density at radius 1 is 1.24 bits per heavy atom. The summed E-state index contributed by atoms with van der Waals surface area (Å²) in [5.74, 6) is 0.328. The molecule has 1 aromatic carbocycles. The highest BCUT2D eigenvalue weighted by molar-refractivity contribution is 5.78. The van der Waals surface area contributed by atoms with Crippen LogP contribution >= 0.6 is 0 Å². The van der Waals surface area contributed by atoms with Crippen LogP contribution in [0.15, 0.2) is 30.3 Å². The van der Waals surface area contributed by atoms with Crippen molar-refractivity contribution in [1.29, 1.82) is 0 Å². The number of ether oxygens (including phenoxy) is 2. The van der Waals surface area contributed by atoms with Crippen LogP contribution < -0.4 is 0 Å². The van der Waals surface area contributed by atoms with Gasteiger partial charge in [0.1, 0.15) is 0 Å². The van der Waals surface area contributed by atoms with Crippen molar-refractivity contribution in [3.63, 3.8) is 0 Å². The third kappa shape index (κ3) is 5.57. The lowest BCUT2D eigenvalue weighted by atomic mass is 9.79. The first-order chi connectivity index (χ1) is 12.1. The van der Waals surface area contributed by atoms with Crippen LogP contribution in [0.5, 0.6) is 0 Å². The topological polar surface area (TPSA) is 35.5 Å². The van der Waals surface area contributed by atoms with Crippen molar-refractivity contribution in [2.24, 2.45) is 11.3 Å². The second-order valence-corrected chi connectivity index (χ2v) is 7.78. The summed E-state index contributed by atoms with van der Waals surface area (Å²) in [5, 5.41) is 0. The van der Waals surface area contributed by atoms with Crippen LogP contribution in [0.3, 0.4) is 0 Å².